The summed E-state index contributed by atoms with van der Waals surface area (Å²) in [7, 11) is -2.43. The molecule has 0 saturated heterocycles. The first-order valence-corrected chi connectivity index (χ1v) is 8.53. The van der Waals surface area contributed by atoms with E-state index in [9.17, 15) is 18.3 Å². The number of hydrogen-bond donors (Lipinski definition) is 3. The van der Waals surface area contributed by atoms with Crippen molar-refractivity contribution < 1.29 is 23.1 Å². The van der Waals surface area contributed by atoms with Gasteiger partial charge in [0.05, 0.1) is 18.0 Å². The third-order valence-corrected chi connectivity index (χ3v) is 4.91. The molecular weight excluding hydrogens is 332 g/mol. The Kier molecular flexibility index (Phi) is 5.55. The van der Waals surface area contributed by atoms with Crippen LogP contribution < -0.4 is 15.2 Å². The van der Waals surface area contributed by atoms with E-state index in [4.69, 9.17) is 10.5 Å². The van der Waals surface area contributed by atoms with Crippen LogP contribution in [-0.4, -0.2) is 32.6 Å². The van der Waals surface area contributed by atoms with Gasteiger partial charge in [-0.3, -0.25) is 4.79 Å². The first-order chi connectivity index (χ1) is 11.3. The molecule has 0 aliphatic heterocycles. The van der Waals surface area contributed by atoms with Gasteiger partial charge in [0, 0.05) is 0 Å². The van der Waals surface area contributed by atoms with Crippen molar-refractivity contribution in [2.45, 2.75) is 17.0 Å². The van der Waals surface area contributed by atoms with Crippen LogP contribution >= 0.6 is 0 Å². The maximum atomic E-state index is 12.5. The van der Waals surface area contributed by atoms with Crippen LogP contribution in [0, 0.1) is 0 Å². The number of carbonyl (C=O) groups is 1. The highest BCUT2D eigenvalue weighted by Gasteiger charge is 2.30. The van der Waals surface area contributed by atoms with Crippen molar-refractivity contribution in [1.82, 2.24) is 4.72 Å². The molecule has 0 bridgehead atoms. The number of carboxylic acids is 1. The van der Waals surface area contributed by atoms with Gasteiger partial charge in [0.25, 0.3) is 0 Å². The maximum Gasteiger partial charge on any atom is 0.322 e. The van der Waals surface area contributed by atoms with Crippen LogP contribution in [0.4, 0.5) is 0 Å². The van der Waals surface area contributed by atoms with E-state index in [1.165, 1.54) is 19.2 Å². The van der Waals surface area contributed by atoms with E-state index in [1.807, 2.05) is 0 Å². The van der Waals surface area contributed by atoms with E-state index < -0.39 is 28.1 Å². The summed E-state index contributed by atoms with van der Waals surface area (Å²) < 4.78 is 32.4. The van der Waals surface area contributed by atoms with Crippen LogP contribution in [0.5, 0.6) is 5.75 Å². The average Bonchev–Trinajstić information content (AvgIpc) is 2.60. The monoisotopic (exact) mass is 350 g/mol. The van der Waals surface area contributed by atoms with Crippen LogP contribution in [0.2, 0.25) is 0 Å². The van der Waals surface area contributed by atoms with Gasteiger partial charge in [-0.1, -0.05) is 30.3 Å². The Morgan fingerprint density at radius 3 is 2.21 bits per heavy atom. The molecule has 0 aliphatic rings. The summed E-state index contributed by atoms with van der Waals surface area (Å²) in [6.45, 7) is 0. The average molecular weight is 350 g/mol. The topological polar surface area (TPSA) is 119 Å². The van der Waals surface area contributed by atoms with E-state index in [-0.39, 0.29) is 4.90 Å². The van der Waals surface area contributed by atoms with Crippen LogP contribution in [0.15, 0.2) is 59.5 Å². The molecule has 2 aromatic carbocycles. The number of rotatable bonds is 7. The highest BCUT2D eigenvalue weighted by molar-refractivity contribution is 7.89. The fourth-order valence-corrected chi connectivity index (χ4v) is 3.41. The zero-order valence-electron chi connectivity index (χ0n) is 12.9. The van der Waals surface area contributed by atoms with E-state index in [1.54, 1.807) is 42.5 Å². The van der Waals surface area contributed by atoms with Crippen LogP contribution in [0.25, 0.3) is 0 Å². The fourth-order valence-electron chi connectivity index (χ4n) is 2.14. The highest BCUT2D eigenvalue weighted by Crippen LogP contribution is 2.22. The van der Waals surface area contributed by atoms with Crippen LogP contribution in [-0.2, 0) is 14.8 Å². The summed E-state index contributed by atoms with van der Waals surface area (Å²) >= 11 is 0. The molecular formula is C16H18N2O5S. The fraction of sp³-hybridized carbons (Fsp3) is 0.188. The zero-order valence-corrected chi connectivity index (χ0v) is 13.7. The molecule has 0 spiro atoms. The number of sulfonamides is 1. The van der Waals surface area contributed by atoms with Gasteiger partial charge in [-0.05, 0) is 29.8 Å². The first-order valence-electron chi connectivity index (χ1n) is 7.05. The van der Waals surface area contributed by atoms with Crippen molar-refractivity contribution in [1.29, 1.82) is 0 Å². The van der Waals surface area contributed by atoms with Crippen molar-refractivity contribution in [3.8, 4) is 5.75 Å². The molecule has 2 aromatic rings. The Morgan fingerprint density at radius 2 is 1.71 bits per heavy atom. The molecule has 0 aliphatic carbocycles. The third-order valence-electron chi connectivity index (χ3n) is 3.45. The summed E-state index contributed by atoms with van der Waals surface area (Å²) in [5.74, 6) is -0.751. The largest absolute Gasteiger partial charge is 0.497 e. The number of hydrogen-bond acceptors (Lipinski definition) is 5. The lowest BCUT2D eigenvalue weighted by Gasteiger charge is -2.23. The Bertz CT molecular complexity index is 791. The van der Waals surface area contributed by atoms with Gasteiger partial charge >= 0.3 is 5.97 Å². The number of carboxylic acid groups (broad SMARTS) is 1. The summed E-state index contributed by atoms with van der Waals surface area (Å²) in [5.41, 5.74) is 6.11. The molecule has 0 fully saturated rings. The smallest absolute Gasteiger partial charge is 0.322 e. The predicted octanol–water partition coefficient (Wildman–Crippen LogP) is 1.13. The summed E-state index contributed by atoms with van der Waals surface area (Å²) in [4.78, 5) is 11.3. The Hall–Kier alpha value is -2.42. The normalized spacial score (nSPS) is 13.9. The minimum atomic E-state index is -3.93. The quantitative estimate of drug-likeness (QED) is 0.689. The van der Waals surface area contributed by atoms with Gasteiger partial charge in [0.1, 0.15) is 11.8 Å². The molecule has 4 N–H and O–H groups in total. The lowest BCUT2D eigenvalue weighted by molar-refractivity contribution is -0.139. The SMILES string of the molecule is COc1ccc([C@H](NS(=O)(=O)c2ccccc2)[C@H](N)C(=O)O)cc1. The number of nitrogens with two attached hydrogens (primary N) is 1. The van der Waals surface area contributed by atoms with Crippen LogP contribution in [0.1, 0.15) is 11.6 Å². The molecule has 0 unspecified atom stereocenters. The summed E-state index contributed by atoms with van der Waals surface area (Å²) in [6, 6.07) is 11.4. The second-order valence-electron chi connectivity index (χ2n) is 5.05. The molecule has 0 heterocycles. The third kappa shape index (κ3) is 4.10. The minimum absolute atomic E-state index is 0.0288. The molecule has 0 saturated carbocycles. The minimum Gasteiger partial charge on any atom is -0.497 e. The summed E-state index contributed by atoms with van der Waals surface area (Å²) in [5, 5.41) is 9.20. The second kappa shape index (κ2) is 7.43. The van der Waals surface area contributed by atoms with Crippen molar-refractivity contribution in [3.05, 3.63) is 60.2 Å². The number of methoxy groups -OCH3 is 1. The standard InChI is InChI=1S/C16H18N2O5S/c1-23-12-9-7-11(8-10-12)15(14(17)16(19)20)18-24(21,22)13-5-3-2-4-6-13/h2-10,14-15,18H,17H2,1H3,(H,19,20)/t14-,15-/m0/s1. The molecule has 7 nitrogen and oxygen atoms in total. The number of benzene rings is 2. The van der Waals surface area contributed by atoms with Gasteiger partial charge in [-0.15, -0.1) is 0 Å². The van der Waals surface area contributed by atoms with Gasteiger partial charge < -0.3 is 15.6 Å². The van der Waals surface area contributed by atoms with Gasteiger partial charge in [0.15, 0.2) is 0 Å². The van der Waals surface area contributed by atoms with Gasteiger partial charge in [-0.25, -0.2) is 13.1 Å². The Balaban J connectivity index is 2.38. The molecule has 2 rings (SSSR count). The highest BCUT2D eigenvalue weighted by atomic mass is 32.2. The van der Waals surface area contributed by atoms with E-state index in [2.05, 4.69) is 4.72 Å². The van der Waals surface area contributed by atoms with E-state index in [0.29, 0.717) is 11.3 Å². The van der Waals surface area contributed by atoms with E-state index >= 15 is 0 Å². The molecule has 8 heteroatoms. The number of ether oxygens (including phenoxy) is 1. The molecule has 2 atom stereocenters. The first kappa shape index (κ1) is 17.9. The van der Waals surface area contributed by atoms with Crippen LogP contribution in [0.3, 0.4) is 0 Å². The number of nitrogens with one attached hydrogen (secondary N) is 1. The lowest BCUT2D eigenvalue weighted by atomic mass is 10.0. The van der Waals surface area contributed by atoms with E-state index in [0.717, 1.165) is 0 Å². The van der Waals surface area contributed by atoms with Gasteiger partial charge in [-0.2, -0.15) is 0 Å². The van der Waals surface area contributed by atoms with Crippen molar-refractivity contribution >= 4 is 16.0 Å². The lowest BCUT2D eigenvalue weighted by Crippen LogP contribution is -2.45. The number of aliphatic carboxylic acids is 1. The van der Waals surface area contributed by atoms with Gasteiger partial charge in [0.2, 0.25) is 10.0 Å². The Morgan fingerprint density at radius 1 is 1.12 bits per heavy atom. The van der Waals surface area contributed by atoms with Crippen molar-refractivity contribution in [2.75, 3.05) is 7.11 Å². The summed E-state index contributed by atoms with van der Waals surface area (Å²) in [6.07, 6.45) is 0. The molecule has 0 amide bonds. The molecule has 24 heavy (non-hydrogen) atoms. The van der Waals surface area contributed by atoms with Crippen molar-refractivity contribution in [2.24, 2.45) is 5.73 Å². The molecule has 0 radical (unpaired) electrons. The second-order valence-corrected chi connectivity index (χ2v) is 6.76. The maximum absolute atomic E-state index is 12.5. The van der Waals surface area contributed by atoms with Crippen molar-refractivity contribution in [3.63, 3.8) is 0 Å². The molecule has 128 valence electrons. The molecule has 0 aromatic heterocycles. The zero-order chi connectivity index (χ0) is 17.7. The Labute approximate surface area is 140 Å². The predicted molar refractivity (Wildman–Crippen MR) is 88.1 cm³/mol.